The molecule has 0 unspecified atom stereocenters. The maximum absolute atomic E-state index is 13.3. The van der Waals surface area contributed by atoms with Crippen molar-refractivity contribution in [1.29, 1.82) is 0 Å². The molecular formula is C20H28N2O3. The third-order valence-electron chi connectivity index (χ3n) is 5.22. The van der Waals surface area contributed by atoms with Gasteiger partial charge < -0.3 is 14.5 Å². The number of ether oxygens (including phenoxy) is 1. The van der Waals surface area contributed by atoms with Gasteiger partial charge in [0.05, 0.1) is 19.2 Å². The molecule has 2 amide bonds. The number of carbonyl (C=O) groups is 2. The van der Waals surface area contributed by atoms with E-state index in [1.165, 1.54) is 0 Å². The Hall–Kier alpha value is -1.88. The van der Waals surface area contributed by atoms with Crippen molar-refractivity contribution >= 4 is 11.8 Å². The summed E-state index contributed by atoms with van der Waals surface area (Å²) >= 11 is 0. The molecule has 0 saturated carbocycles. The zero-order chi connectivity index (χ0) is 18.0. The van der Waals surface area contributed by atoms with Gasteiger partial charge in [-0.15, -0.1) is 0 Å². The molecule has 5 nitrogen and oxygen atoms in total. The van der Waals surface area contributed by atoms with Gasteiger partial charge in [-0.25, -0.2) is 0 Å². The number of hydrogen-bond acceptors (Lipinski definition) is 3. The van der Waals surface area contributed by atoms with Crippen LogP contribution in [0.2, 0.25) is 0 Å². The van der Waals surface area contributed by atoms with E-state index in [2.05, 4.69) is 0 Å². The van der Waals surface area contributed by atoms with Crippen LogP contribution >= 0.6 is 0 Å². The predicted molar refractivity (Wildman–Crippen MR) is 95.9 cm³/mol. The number of hydrogen-bond donors (Lipinski definition) is 0. The lowest BCUT2D eigenvalue weighted by Crippen LogP contribution is -2.57. The molecule has 25 heavy (non-hydrogen) atoms. The van der Waals surface area contributed by atoms with Crippen LogP contribution in [0.4, 0.5) is 0 Å². The largest absolute Gasteiger partial charge is 0.370 e. The Morgan fingerprint density at radius 1 is 1.24 bits per heavy atom. The van der Waals surface area contributed by atoms with Crippen LogP contribution in [0.1, 0.15) is 45.3 Å². The zero-order valence-electron chi connectivity index (χ0n) is 15.4. The topological polar surface area (TPSA) is 49.9 Å². The molecular weight excluding hydrogens is 316 g/mol. The van der Waals surface area contributed by atoms with Gasteiger partial charge in [-0.1, -0.05) is 44.2 Å². The van der Waals surface area contributed by atoms with Crippen LogP contribution < -0.4 is 0 Å². The van der Waals surface area contributed by atoms with Crippen molar-refractivity contribution in [2.45, 2.75) is 51.8 Å². The van der Waals surface area contributed by atoms with Gasteiger partial charge in [0.2, 0.25) is 11.8 Å². The molecule has 0 N–H and O–H groups in total. The minimum absolute atomic E-state index is 0.0198. The first-order valence-corrected chi connectivity index (χ1v) is 9.25. The molecule has 0 bridgehead atoms. The van der Waals surface area contributed by atoms with Crippen molar-refractivity contribution < 1.29 is 14.3 Å². The van der Waals surface area contributed by atoms with Crippen molar-refractivity contribution in [3.05, 3.63) is 35.9 Å². The Labute approximate surface area is 149 Å². The summed E-state index contributed by atoms with van der Waals surface area (Å²) in [6, 6.07) is 9.68. The SMILES string of the molecule is CC(C)[C@H](C(=O)N1C[C@@H](c2ccccc2)OC[C@@H]1C)N1CCCC1=O. The van der Waals surface area contributed by atoms with Crippen molar-refractivity contribution in [3.63, 3.8) is 0 Å². The third kappa shape index (κ3) is 3.71. The number of likely N-dealkylation sites (tertiary alicyclic amines) is 1. The van der Waals surface area contributed by atoms with E-state index in [1.807, 2.05) is 56.0 Å². The number of morpholine rings is 1. The highest BCUT2D eigenvalue weighted by atomic mass is 16.5. The lowest BCUT2D eigenvalue weighted by Gasteiger charge is -2.42. The normalized spacial score (nSPS) is 25.5. The van der Waals surface area contributed by atoms with Gasteiger partial charge in [0.1, 0.15) is 12.1 Å². The van der Waals surface area contributed by atoms with Gasteiger partial charge >= 0.3 is 0 Å². The number of carbonyl (C=O) groups excluding carboxylic acids is 2. The van der Waals surface area contributed by atoms with Crippen molar-refractivity contribution in [2.75, 3.05) is 19.7 Å². The molecule has 0 radical (unpaired) electrons. The molecule has 1 aromatic rings. The van der Waals surface area contributed by atoms with Gasteiger partial charge in [-0.05, 0) is 24.8 Å². The second kappa shape index (κ2) is 7.56. The predicted octanol–water partition coefficient (Wildman–Crippen LogP) is 2.62. The molecule has 1 aromatic carbocycles. The molecule has 2 aliphatic rings. The Morgan fingerprint density at radius 2 is 1.96 bits per heavy atom. The Balaban J connectivity index is 1.79. The average molecular weight is 344 g/mol. The number of benzene rings is 1. The van der Waals surface area contributed by atoms with Gasteiger partial charge in [0, 0.05) is 13.0 Å². The fourth-order valence-corrected chi connectivity index (χ4v) is 3.84. The molecule has 0 aromatic heterocycles. The molecule has 2 fully saturated rings. The maximum Gasteiger partial charge on any atom is 0.246 e. The van der Waals surface area contributed by atoms with Crippen molar-refractivity contribution in [2.24, 2.45) is 5.92 Å². The van der Waals surface area contributed by atoms with Gasteiger partial charge in [0.15, 0.2) is 0 Å². The standard InChI is InChI=1S/C20H28N2O3/c1-14(2)19(21-11-7-10-18(21)23)20(24)22-12-17(25-13-15(22)3)16-8-5-4-6-9-16/h4-6,8-9,14-15,17,19H,7,10-13H2,1-3H3/t15-,17-,19+/m0/s1. The van der Waals surface area contributed by atoms with Crippen LogP contribution in [0.25, 0.3) is 0 Å². The van der Waals surface area contributed by atoms with Crippen molar-refractivity contribution in [1.82, 2.24) is 9.80 Å². The van der Waals surface area contributed by atoms with E-state index in [0.29, 0.717) is 26.1 Å². The van der Waals surface area contributed by atoms with Gasteiger partial charge in [-0.2, -0.15) is 0 Å². The Kier molecular flexibility index (Phi) is 5.42. The van der Waals surface area contributed by atoms with E-state index in [-0.39, 0.29) is 35.9 Å². The van der Waals surface area contributed by atoms with Crippen LogP contribution in [0, 0.1) is 5.92 Å². The molecule has 0 spiro atoms. The van der Waals surface area contributed by atoms with Crippen LogP contribution in [0.3, 0.4) is 0 Å². The Morgan fingerprint density at radius 3 is 2.56 bits per heavy atom. The first kappa shape index (κ1) is 17.9. The number of rotatable bonds is 4. The summed E-state index contributed by atoms with van der Waals surface area (Å²) in [5.74, 6) is 0.259. The second-order valence-corrected chi connectivity index (χ2v) is 7.45. The smallest absolute Gasteiger partial charge is 0.246 e. The monoisotopic (exact) mass is 344 g/mol. The van der Waals surface area contributed by atoms with Crippen LogP contribution in [-0.2, 0) is 14.3 Å². The lowest BCUT2D eigenvalue weighted by molar-refractivity contribution is -0.155. The highest BCUT2D eigenvalue weighted by molar-refractivity contribution is 5.89. The first-order valence-electron chi connectivity index (χ1n) is 9.25. The van der Waals surface area contributed by atoms with E-state index < -0.39 is 0 Å². The summed E-state index contributed by atoms with van der Waals surface area (Å²) < 4.78 is 5.97. The molecule has 2 aliphatic heterocycles. The van der Waals surface area contributed by atoms with E-state index in [4.69, 9.17) is 4.74 Å². The quantitative estimate of drug-likeness (QED) is 0.844. The highest BCUT2D eigenvalue weighted by Gasteiger charge is 2.40. The molecule has 2 saturated heterocycles. The number of nitrogens with zero attached hydrogens (tertiary/aromatic N) is 2. The summed E-state index contributed by atoms with van der Waals surface area (Å²) in [7, 11) is 0. The summed E-state index contributed by atoms with van der Waals surface area (Å²) in [4.78, 5) is 29.2. The minimum Gasteiger partial charge on any atom is -0.370 e. The summed E-state index contributed by atoms with van der Waals surface area (Å²) in [5, 5.41) is 0. The van der Waals surface area contributed by atoms with Crippen LogP contribution in [0.5, 0.6) is 0 Å². The van der Waals surface area contributed by atoms with E-state index in [1.54, 1.807) is 4.90 Å². The molecule has 3 atom stereocenters. The van der Waals surface area contributed by atoms with Crippen molar-refractivity contribution in [3.8, 4) is 0 Å². The Bertz CT molecular complexity index is 617. The third-order valence-corrected chi connectivity index (χ3v) is 5.22. The fraction of sp³-hybridized carbons (Fsp3) is 0.600. The minimum atomic E-state index is -0.369. The van der Waals surface area contributed by atoms with Gasteiger partial charge in [0.25, 0.3) is 0 Å². The maximum atomic E-state index is 13.3. The fourth-order valence-electron chi connectivity index (χ4n) is 3.84. The second-order valence-electron chi connectivity index (χ2n) is 7.45. The molecule has 2 heterocycles. The summed E-state index contributed by atoms with van der Waals surface area (Å²) in [5.41, 5.74) is 1.09. The highest BCUT2D eigenvalue weighted by Crippen LogP contribution is 2.28. The average Bonchev–Trinajstić information content (AvgIpc) is 3.01. The zero-order valence-corrected chi connectivity index (χ0v) is 15.4. The van der Waals surface area contributed by atoms with Crippen LogP contribution in [0.15, 0.2) is 30.3 Å². The van der Waals surface area contributed by atoms with E-state index in [9.17, 15) is 9.59 Å². The molecule has 3 rings (SSSR count). The first-order chi connectivity index (χ1) is 12.0. The van der Waals surface area contributed by atoms with E-state index in [0.717, 1.165) is 12.0 Å². The van der Waals surface area contributed by atoms with E-state index >= 15 is 0 Å². The molecule has 136 valence electrons. The summed E-state index contributed by atoms with van der Waals surface area (Å²) in [6.45, 7) is 7.80. The molecule has 5 heteroatoms. The molecule has 0 aliphatic carbocycles. The number of amides is 2. The van der Waals surface area contributed by atoms with Gasteiger partial charge in [-0.3, -0.25) is 9.59 Å². The lowest BCUT2D eigenvalue weighted by atomic mass is 9.98. The van der Waals surface area contributed by atoms with Crippen LogP contribution in [-0.4, -0.2) is 53.4 Å². The summed E-state index contributed by atoms with van der Waals surface area (Å²) in [6.07, 6.45) is 1.30.